The minimum absolute atomic E-state index is 0.0167. The highest BCUT2D eigenvalue weighted by Gasteiger charge is 2.31. The number of hydrogen-bond donors (Lipinski definition) is 2. The molecule has 2 heterocycles. The van der Waals surface area contributed by atoms with Crippen molar-refractivity contribution in [2.45, 2.75) is 18.2 Å². The summed E-state index contributed by atoms with van der Waals surface area (Å²) in [5.74, 6) is -0.115. The summed E-state index contributed by atoms with van der Waals surface area (Å²) in [6.07, 6.45) is -0.444. The smallest absolute Gasteiger partial charge is 0.251 e. The molecule has 2 N–H and O–H groups in total. The standard InChI is InChI=1S/C10H18N2O4/c1-14-8-5-11-4-7(8)12-10(13)9-6-15-2-3-16-9/h7-9,11H,2-6H2,1H3,(H,12,13)/t7?,8-,9?/m0/s1. The van der Waals surface area contributed by atoms with E-state index in [1.54, 1.807) is 7.11 Å². The summed E-state index contributed by atoms with van der Waals surface area (Å²) in [6, 6.07) is 0.0167. The lowest BCUT2D eigenvalue weighted by molar-refractivity contribution is -0.148. The van der Waals surface area contributed by atoms with Gasteiger partial charge in [0.25, 0.3) is 5.91 Å². The van der Waals surface area contributed by atoms with Gasteiger partial charge in [0, 0.05) is 20.2 Å². The molecular formula is C10H18N2O4. The first-order valence-corrected chi connectivity index (χ1v) is 5.54. The molecule has 2 rings (SSSR count). The van der Waals surface area contributed by atoms with Crippen molar-refractivity contribution in [2.24, 2.45) is 0 Å². The Morgan fingerprint density at radius 2 is 2.31 bits per heavy atom. The van der Waals surface area contributed by atoms with E-state index in [0.29, 0.717) is 19.8 Å². The molecular weight excluding hydrogens is 212 g/mol. The lowest BCUT2D eigenvalue weighted by Crippen LogP contribution is -2.50. The van der Waals surface area contributed by atoms with E-state index in [0.717, 1.165) is 13.1 Å². The molecule has 1 amide bonds. The zero-order valence-electron chi connectivity index (χ0n) is 9.40. The molecule has 92 valence electrons. The zero-order valence-corrected chi connectivity index (χ0v) is 9.40. The molecule has 0 aromatic heterocycles. The molecule has 6 heteroatoms. The molecule has 2 aliphatic rings. The third-order valence-corrected chi connectivity index (χ3v) is 2.90. The van der Waals surface area contributed by atoms with Crippen molar-refractivity contribution >= 4 is 5.91 Å². The van der Waals surface area contributed by atoms with Crippen LogP contribution in [-0.4, -0.2) is 64.2 Å². The van der Waals surface area contributed by atoms with Crippen LogP contribution in [0.5, 0.6) is 0 Å². The minimum Gasteiger partial charge on any atom is -0.378 e. The quantitative estimate of drug-likeness (QED) is 0.618. The van der Waals surface area contributed by atoms with Gasteiger partial charge in [-0.3, -0.25) is 4.79 Å². The SMILES string of the molecule is CO[C@H]1CNCC1NC(=O)C1COCCO1. The van der Waals surface area contributed by atoms with Gasteiger partial charge in [-0.1, -0.05) is 0 Å². The summed E-state index contributed by atoms with van der Waals surface area (Å²) in [6.45, 7) is 2.88. The number of ether oxygens (including phenoxy) is 3. The summed E-state index contributed by atoms with van der Waals surface area (Å²) >= 11 is 0. The van der Waals surface area contributed by atoms with E-state index in [1.165, 1.54) is 0 Å². The van der Waals surface area contributed by atoms with Gasteiger partial charge >= 0.3 is 0 Å². The van der Waals surface area contributed by atoms with Gasteiger partial charge in [-0.2, -0.15) is 0 Å². The van der Waals surface area contributed by atoms with E-state index in [9.17, 15) is 4.79 Å². The molecule has 6 nitrogen and oxygen atoms in total. The third-order valence-electron chi connectivity index (χ3n) is 2.90. The van der Waals surface area contributed by atoms with E-state index in [2.05, 4.69) is 10.6 Å². The van der Waals surface area contributed by atoms with E-state index >= 15 is 0 Å². The molecule has 0 saturated carbocycles. The predicted molar refractivity (Wildman–Crippen MR) is 56.2 cm³/mol. The highest BCUT2D eigenvalue weighted by molar-refractivity contribution is 5.81. The average molecular weight is 230 g/mol. The van der Waals surface area contributed by atoms with Gasteiger partial charge in [-0.15, -0.1) is 0 Å². The van der Waals surface area contributed by atoms with Crippen molar-refractivity contribution in [3.05, 3.63) is 0 Å². The molecule has 2 saturated heterocycles. The first-order valence-electron chi connectivity index (χ1n) is 5.54. The van der Waals surface area contributed by atoms with E-state index in [1.807, 2.05) is 0 Å². The van der Waals surface area contributed by atoms with Crippen molar-refractivity contribution in [2.75, 3.05) is 40.0 Å². The maximum Gasteiger partial charge on any atom is 0.251 e. The maximum absolute atomic E-state index is 11.8. The monoisotopic (exact) mass is 230 g/mol. The van der Waals surface area contributed by atoms with Crippen LogP contribution < -0.4 is 10.6 Å². The van der Waals surface area contributed by atoms with Crippen molar-refractivity contribution in [3.63, 3.8) is 0 Å². The largest absolute Gasteiger partial charge is 0.378 e. The van der Waals surface area contributed by atoms with Crippen LogP contribution in [0.2, 0.25) is 0 Å². The van der Waals surface area contributed by atoms with E-state index < -0.39 is 6.10 Å². The molecule has 0 radical (unpaired) electrons. The number of carbonyl (C=O) groups is 1. The van der Waals surface area contributed by atoms with Crippen molar-refractivity contribution in [3.8, 4) is 0 Å². The number of amides is 1. The summed E-state index contributed by atoms with van der Waals surface area (Å²) in [5.41, 5.74) is 0. The van der Waals surface area contributed by atoms with Gasteiger partial charge in [0.05, 0.1) is 32.0 Å². The molecule has 2 unspecified atom stereocenters. The summed E-state index contributed by atoms with van der Waals surface area (Å²) < 4.78 is 15.8. The molecule has 0 aromatic carbocycles. The Hall–Kier alpha value is -0.690. The van der Waals surface area contributed by atoms with Crippen LogP contribution in [0, 0.1) is 0 Å². The van der Waals surface area contributed by atoms with Gasteiger partial charge < -0.3 is 24.8 Å². The summed E-state index contributed by atoms with van der Waals surface area (Å²) in [4.78, 5) is 11.8. The molecule has 16 heavy (non-hydrogen) atoms. The Kier molecular flexibility index (Phi) is 4.11. The fourth-order valence-corrected chi connectivity index (χ4v) is 1.96. The first kappa shape index (κ1) is 11.8. The second-order valence-electron chi connectivity index (χ2n) is 3.98. The predicted octanol–water partition coefficient (Wildman–Crippen LogP) is -1.50. The molecule has 0 bridgehead atoms. The van der Waals surface area contributed by atoms with E-state index in [-0.39, 0.29) is 18.1 Å². The van der Waals surface area contributed by atoms with Gasteiger partial charge in [-0.25, -0.2) is 0 Å². The molecule has 2 fully saturated rings. The Labute approximate surface area is 94.6 Å². The lowest BCUT2D eigenvalue weighted by atomic mass is 10.2. The lowest BCUT2D eigenvalue weighted by Gasteiger charge is -2.25. The van der Waals surface area contributed by atoms with E-state index in [4.69, 9.17) is 14.2 Å². The third kappa shape index (κ3) is 2.70. The molecule has 3 atom stereocenters. The molecule has 0 aliphatic carbocycles. The summed E-state index contributed by atoms with van der Waals surface area (Å²) in [7, 11) is 1.65. The van der Waals surface area contributed by atoms with Gasteiger partial charge in [0.15, 0.2) is 6.10 Å². The zero-order chi connectivity index (χ0) is 11.4. The van der Waals surface area contributed by atoms with Crippen LogP contribution in [0.3, 0.4) is 0 Å². The second kappa shape index (κ2) is 5.58. The number of rotatable bonds is 3. The van der Waals surface area contributed by atoms with Gasteiger partial charge in [0.2, 0.25) is 0 Å². The van der Waals surface area contributed by atoms with Crippen molar-refractivity contribution < 1.29 is 19.0 Å². The van der Waals surface area contributed by atoms with Crippen LogP contribution in [0.25, 0.3) is 0 Å². The Bertz CT molecular complexity index is 243. The highest BCUT2D eigenvalue weighted by atomic mass is 16.6. The van der Waals surface area contributed by atoms with Crippen LogP contribution in [0.1, 0.15) is 0 Å². The second-order valence-corrected chi connectivity index (χ2v) is 3.98. The number of nitrogens with one attached hydrogen (secondary N) is 2. The topological polar surface area (TPSA) is 68.8 Å². The Morgan fingerprint density at radius 1 is 1.44 bits per heavy atom. The average Bonchev–Trinajstić information content (AvgIpc) is 2.77. The van der Waals surface area contributed by atoms with Crippen LogP contribution in [0.15, 0.2) is 0 Å². The molecule has 0 spiro atoms. The molecule has 2 aliphatic heterocycles. The Balaban J connectivity index is 1.81. The van der Waals surface area contributed by atoms with Gasteiger partial charge in [0.1, 0.15) is 0 Å². The van der Waals surface area contributed by atoms with Gasteiger partial charge in [-0.05, 0) is 0 Å². The molecule has 0 aromatic rings. The fourth-order valence-electron chi connectivity index (χ4n) is 1.96. The number of carbonyl (C=O) groups excluding carboxylic acids is 1. The van der Waals surface area contributed by atoms with Crippen LogP contribution >= 0.6 is 0 Å². The highest BCUT2D eigenvalue weighted by Crippen LogP contribution is 2.06. The van der Waals surface area contributed by atoms with Crippen LogP contribution in [-0.2, 0) is 19.0 Å². The maximum atomic E-state index is 11.8. The fraction of sp³-hybridized carbons (Fsp3) is 0.900. The normalized spacial score (nSPS) is 34.9. The first-order chi connectivity index (χ1) is 7.81. The number of methoxy groups -OCH3 is 1. The number of hydrogen-bond acceptors (Lipinski definition) is 5. The summed E-state index contributed by atoms with van der Waals surface area (Å²) in [5, 5.41) is 6.09. The van der Waals surface area contributed by atoms with Crippen molar-refractivity contribution in [1.82, 2.24) is 10.6 Å². The van der Waals surface area contributed by atoms with Crippen LogP contribution in [0.4, 0.5) is 0 Å². The van der Waals surface area contributed by atoms with Crippen molar-refractivity contribution in [1.29, 1.82) is 0 Å². The minimum atomic E-state index is -0.480. The Morgan fingerprint density at radius 3 is 3.00 bits per heavy atom.